The molecule has 3 aliphatic rings. The van der Waals surface area contributed by atoms with Gasteiger partial charge >= 0.3 is 0 Å². The highest BCUT2D eigenvalue weighted by Crippen LogP contribution is 2.46. The summed E-state index contributed by atoms with van der Waals surface area (Å²) in [7, 11) is 0. The van der Waals surface area contributed by atoms with Crippen LogP contribution in [0.15, 0.2) is 69.5 Å². The predicted molar refractivity (Wildman–Crippen MR) is 132 cm³/mol. The molecule has 0 radical (unpaired) electrons. The zero-order valence-electron chi connectivity index (χ0n) is 19.0. The Morgan fingerprint density at radius 3 is 2.20 bits per heavy atom. The Labute approximate surface area is 210 Å². The average molecular weight is 539 g/mol. The molecule has 2 aromatic rings. The van der Waals surface area contributed by atoms with E-state index in [2.05, 4.69) is 26.6 Å². The summed E-state index contributed by atoms with van der Waals surface area (Å²) in [6, 6.07) is 10.9. The fourth-order valence-corrected chi connectivity index (χ4v) is 5.51. The van der Waals surface area contributed by atoms with E-state index in [0.29, 0.717) is 39.9 Å². The second kappa shape index (κ2) is 9.77. The second-order valence-corrected chi connectivity index (χ2v) is 9.78. The SMILES string of the molecule is O=C(COc1ccc(C2C3=C(CCCC3=O)NC3=C2C(=O)CCC3)cc1Br)Nc1ccc(F)cc1. The van der Waals surface area contributed by atoms with Crippen LogP contribution in [0.1, 0.15) is 50.0 Å². The number of allylic oxidation sites excluding steroid dienone is 4. The minimum atomic E-state index is -0.394. The molecule has 180 valence electrons. The van der Waals surface area contributed by atoms with Gasteiger partial charge in [-0.15, -0.1) is 0 Å². The molecule has 0 atom stereocenters. The number of rotatable bonds is 5. The van der Waals surface area contributed by atoms with E-state index in [0.717, 1.165) is 42.6 Å². The zero-order chi connectivity index (χ0) is 24.5. The highest BCUT2D eigenvalue weighted by molar-refractivity contribution is 9.10. The number of carbonyl (C=O) groups excluding carboxylic acids is 3. The van der Waals surface area contributed by atoms with E-state index in [-0.39, 0.29) is 29.9 Å². The van der Waals surface area contributed by atoms with E-state index in [1.807, 2.05) is 12.1 Å². The van der Waals surface area contributed by atoms with Crippen LogP contribution in [0.25, 0.3) is 0 Å². The molecule has 1 amide bonds. The first kappa shape index (κ1) is 23.5. The zero-order valence-corrected chi connectivity index (χ0v) is 20.5. The van der Waals surface area contributed by atoms with E-state index < -0.39 is 5.92 Å². The molecule has 5 rings (SSSR count). The molecule has 2 aromatic carbocycles. The normalized spacial score (nSPS) is 18.1. The molecule has 0 saturated heterocycles. The number of ketones is 2. The van der Waals surface area contributed by atoms with Crippen molar-refractivity contribution >= 4 is 39.1 Å². The average Bonchev–Trinajstić information content (AvgIpc) is 2.84. The van der Waals surface area contributed by atoms with Gasteiger partial charge in [0, 0.05) is 47.0 Å². The summed E-state index contributed by atoms with van der Waals surface area (Å²) in [5.41, 5.74) is 4.59. The molecule has 1 aliphatic heterocycles. The van der Waals surface area contributed by atoms with Crippen molar-refractivity contribution in [3.05, 3.63) is 80.9 Å². The number of amides is 1. The first-order valence-electron chi connectivity index (χ1n) is 11.7. The highest BCUT2D eigenvalue weighted by atomic mass is 79.9. The summed E-state index contributed by atoms with van der Waals surface area (Å²) >= 11 is 3.53. The maximum Gasteiger partial charge on any atom is 0.262 e. The number of nitrogens with one attached hydrogen (secondary N) is 2. The number of benzene rings is 2. The van der Waals surface area contributed by atoms with Crippen LogP contribution in [0.5, 0.6) is 5.75 Å². The van der Waals surface area contributed by atoms with Gasteiger partial charge in [0.25, 0.3) is 5.91 Å². The monoisotopic (exact) mass is 538 g/mol. The molecular weight excluding hydrogens is 515 g/mol. The molecule has 1 heterocycles. The Kier molecular flexibility index (Phi) is 6.56. The lowest BCUT2D eigenvalue weighted by Crippen LogP contribution is -2.36. The van der Waals surface area contributed by atoms with E-state index >= 15 is 0 Å². The van der Waals surface area contributed by atoms with Crippen molar-refractivity contribution < 1.29 is 23.5 Å². The predicted octanol–water partition coefficient (Wildman–Crippen LogP) is 5.31. The molecular formula is C27H24BrFN2O4. The number of dihydropyridines is 1. The minimum Gasteiger partial charge on any atom is -0.483 e. The summed E-state index contributed by atoms with van der Waals surface area (Å²) in [6.45, 7) is -0.232. The molecule has 35 heavy (non-hydrogen) atoms. The Balaban J connectivity index is 1.37. The number of halogens is 2. The quantitative estimate of drug-likeness (QED) is 0.539. The molecule has 8 heteroatoms. The number of ether oxygens (including phenoxy) is 1. The van der Waals surface area contributed by atoms with Crippen molar-refractivity contribution in [2.24, 2.45) is 0 Å². The van der Waals surface area contributed by atoms with Crippen LogP contribution in [0.2, 0.25) is 0 Å². The second-order valence-electron chi connectivity index (χ2n) is 8.93. The Hall–Kier alpha value is -3.26. The van der Waals surface area contributed by atoms with Gasteiger partial charge in [-0.25, -0.2) is 4.39 Å². The first-order valence-corrected chi connectivity index (χ1v) is 12.5. The Bertz CT molecular complexity index is 1240. The van der Waals surface area contributed by atoms with Gasteiger partial charge in [0.1, 0.15) is 11.6 Å². The van der Waals surface area contributed by atoms with Crippen LogP contribution >= 0.6 is 15.9 Å². The number of hydrogen-bond donors (Lipinski definition) is 2. The fourth-order valence-electron chi connectivity index (χ4n) is 5.00. The molecule has 0 spiro atoms. The Morgan fingerprint density at radius 2 is 1.60 bits per heavy atom. The summed E-state index contributed by atoms with van der Waals surface area (Å²) in [6.07, 6.45) is 4.19. The maximum absolute atomic E-state index is 13.0. The van der Waals surface area contributed by atoms with E-state index in [4.69, 9.17) is 4.74 Å². The first-order chi connectivity index (χ1) is 16.9. The van der Waals surface area contributed by atoms with Crippen LogP contribution in [0.4, 0.5) is 10.1 Å². The van der Waals surface area contributed by atoms with Gasteiger partial charge < -0.3 is 15.4 Å². The van der Waals surface area contributed by atoms with Crippen molar-refractivity contribution in [1.82, 2.24) is 5.32 Å². The lowest BCUT2D eigenvalue weighted by molar-refractivity contribution is -0.118. The number of carbonyl (C=O) groups is 3. The van der Waals surface area contributed by atoms with Gasteiger partial charge in [-0.3, -0.25) is 14.4 Å². The lowest BCUT2D eigenvalue weighted by Gasteiger charge is -2.37. The van der Waals surface area contributed by atoms with Crippen molar-refractivity contribution in [1.29, 1.82) is 0 Å². The van der Waals surface area contributed by atoms with Gasteiger partial charge in [0.15, 0.2) is 18.2 Å². The van der Waals surface area contributed by atoms with Crippen LogP contribution in [-0.4, -0.2) is 24.1 Å². The van der Waals surface area contributed by atoms with Gasteiger partial charge in [0.05, 0.1) is 4.47 Å². The van der Waals surface area contributed by atoms with Crippen molar-refractivity contribution in [2.45, 2.75) is 44.4 Å². The molecule has 0 aromatic heterocycles. The third kappa shape index (κ3) is 4.80. The molecule has 0 saturated carbocycles. The standard InChI is InChI=1S/C27H24BrFN2O4/c28-18-13-15(7-12-23(18)35-14-24(34)30-17-10-8-16(29)9-11-17)25-26-19(3-1-5-21(26)32)31-20-4-2-6-22(33)27(20)25/h7-13,25,31H,1-6,14H2,(H,30,34). The summed E-state index contributed by atoms with van der Waals surface area (Å²) in [5, 5.41) is 6.07. The van der Waals surface area contributed by atoms with E-state index in [1.165, 1.54) is 24.3 Å². The third-order valence-corrected chi connectivity index (χ3v) is 7.19. The lowest BCUT2D eigenvalue weighted by atomic mass is 9.71. The highest BCUT2D eigenvalue weighted by Gasteiger charge is 2.40. The Morgan fingerprint density at radius 1 is 0.971 bits per heavy atom. The van der Waals surface area contributed by atoms with Gasteiger partial charge in [-0.2, -0.15) is 0 Å². The van der Waals surface area contributed by atoms with Crippen LogP contribution in [0.3, 0.4) is 0 Å². The minimum absolute atomic E-state index is 0.0857. The van der Waals surface area contributed by atoms with Crippen molar-refractivity contribution in [3.63, 3.8) is 0 Å². The fraction of sp³-hybridized carbons (Fsp3) is 0.296. The smallest absolute Gasteiger partial charge is 0.262 e. The molecule has 2 N–H and O–H groups in total. The maximum atomic E-state index is 13.0. The summed E-state index contributed by atoms with van der Waals surface area (Å²) in [4.78, 5) is 38.2. The molecule has 0 fully saturated rings. The topological polar surface area (TPSA) is 84.5 Å². The van der Waals surface area contributed by atoms with E-state index in [9.17, 15) is 18.8 Å². The van der Waals surface area contributed by atoms with Gasteiger partial charge in [-0.1, -0.05) is 6.07 Å². The summed E-state index contributed by atoms with van der Waals surface area (Å²) in [5.74, 6) is -0.520. The van der Waals surface area contributed by atoms with Crippen molar-refractivity contribution in [2.75, 3.05) is 11.9 Å². The number of hydrogen-bond acceptors (Lipinski definition) is 5. The van der Waals surface area contributed by atoms with E-state index in [1.54, 1.807) is 6.07 Å². The third-order valence-electron chi connectivity index (χ3n) is 6.57. The van der Waals surface area contributed by atoms with Crippen LogP contribution < -0.4 is 15.4 Å². The van der Waals surface area contributed by atoms with Gasteiger partial charge in [-0.05, 0) is 83.6 Å². The molecule has 0 unspecified atom stereocenters. The van der Waals surface area contributed by atoms with Crippen LogP contribution in [-0.2, 0) is 14.4 Å². The molecule has 6 nitrogen and oxygen atoms in total. The number of anilines is 1. The molecule has 0 bridgehead atoms. The largest absolute Gasteiger partial charge is 0.483 e. The summed E-state index contributed by atoms with van der Waals surface area (Å²) < 4.78 is 19.4. The number of Topliss-reactive ketones (excluding diaryl/α,β-unsaturated/α-hetero) is 2. The molecule has 2 aliphatic carbocycles. The van der Waals surface area contributed by atoms with Gasteiger partial charge in [0.2, 0.25) is 0 Å². The van der Waals surface area contributed by atoms with Crippen molar-refractivity contribution in [3.8, 4) is 5.75 Å². The van der Waals surface area contributed by atoms with Crippen LogP contribution in [0, 0.1) is 5.82 Å².